The topological polar surface area (TPSA) is 75.6 Å². The van der Waals surface area contributed by atoms with E-state index in [1.165, 1.54) is 11.3 Å². The van der Waals surface area contributed by atoms with E-state index in [-0.39, 0.29) is 17.2 Å². The fraction of sp³-hybridized carbons (Fsp3) is 0.286. The molecule has 20 heavy (non-hydrogen) atoms. The summed E-state index contributed by atoms with van der Waals surface area (Å²) >= 11 is 1.20. The van der Waals surface area contributed by atoms with Crippen molar-refractivity contribution >= 4 is 33.3 Å². The van der Waals surface area contributed by atoms with Gasteiger partial charge >= 0.3 is 5.97 Å². The number of carbonyl (C=O) groups excluding carboxylic acids is 1. The Morgan fingerprint density at radius 1 is 1.35 bits per heavy atom. The third kappa shape index (κ3) is 3.15. The number of methoxy groups -OCH3 is 1. The van der Waals surface area contributed by atoms with E-state index in [0.29, 0.717) is 18.7 Å². The summed E-state index contributed by atoms with van der Waals surface area (Å²) in [5.74, 6) is -1.20. The average Bonchev–Trinajstić information content (AvgIpc) is 2.78. The molecule has 0 radical (unpaired) electrons. The summed E-state index contributed by atoms with van der Waals surface area (Å²) in [6.45, 7) is 0.849. The number of hydrogen-bond acceptors (Lipinski definition) is 4. The van der Waals surface area contributed by atoms with Crippen molar-refractivity contribution in [1.29, 1.82) is 0 Å². The third-order valence-electron chi connectivity index (χ3n) is 2.86. The van der Waals surface area contributed by atoms with Gasteiger partial charge < -0.3 is 15.2 Å². The number of carbonyl (C=O) groups is 2. The molecule has 0 fully saturated rings. The molecule has 1 amide bonds. The number of carboxylic acid groups (broad SMARTS) is 1. The van der Waals surface area contributed by atoms with E-state index in [1.807, 2.05) is 24.3 Å². The van der Waals surface area contributed by atoms with Crippen LogP contribution >= 0.6 is 11.3 Å². The largest absolute Gasteiger partial charge is 0.477 e. The van der Waals surface area contributed by atoms with E-state index in [1.54, 1.807) is 7.11 Å². The van der Waals surface area contributed by atoms with Crippen molar-refractivity contribution in [3.05, 3.63) is 34.7 Å². The van der Waals surface area contributed by atoms with Crippen LogP contribution in [0.15, 0.2) is 24.3 Å². The molecule has 0 unspecified atom stereocenters. The maximum Gasteiger partial charge on any atom is 0.346 e. The molecular formula is C14H15NO4S. The number of carboxylic acids is 1. The maximum atomic E-state index is 11.8. The molecule has 1 aromatic carbocycles. The lowest BCUT2D eigenvalue weighted by molar-refractivity contribution is -0.120. The van der Waals surface area contributed by atoms with Crippen LogP contribution in [0.5, 0.6) is 0 Å². The highest BCUT2D eigenvalue weighted by Gasteiger charge is 2.19. The molecule has 0 spiro atoms. The lowest BCUT2D eigenvalue weighted by Gasteiger charge is -2.05. The molecule has 2 rings (SSSR count). The van der Waals surface area contributed by atoms with Gasteiger partial charge in [0.15, 0.2) is 0 Å². The summed E-state index contributed by atoms with van der Waals surface area (Å²) in [6, 6.07) is 7.40. The highest BCUT2D eigenvalue weighted by atomic mass is 32.1. The summed E-state index contributed by atoms with van der Waals surface area (Å²) < 4.78 is 5.73. The first-order valence-corrected chi connectivity index (χ1v) is 6.94. The number of amides is 1. The Labute approximate surface area is 120 Å². The average molecular weight is 293 g/mol. The van der Waals surface area contributed by atoms with Crippen molar-refractivity contribution < 1.29 is 19.4 Å². The predicted octanol–water partition coefficient (Wildman–Crippen LogP) is 1.90. The highest BCUT2D eigenvalue weighted by Crippen LogP contribution is 2.31. The first-order valence-electron chi connectivity index (χ1n) is 6.13. The molecule has 1 heterocycles. The van der Waals surface area contributed by atoms with Crippen molar-refractivity contribution in [1.82, 2.24) is 5.32 Å². The monoisotopic (exact) mass is 293 g/mol. The number of aromatic carboxylic acids is 1. The van der Waals surface area contributed by atoms with Gasteiger partial charge in [-0.05, 0) is 17.0 Å². The molecular weight excluding hydrogens is 278 g/mol. The van der Waals surface area contributed by atoms with Gasteiger partial charge in [0.1, 0.15) is 4.88 Å². The standard InChI is InChI=1S/C14H15NO4S/c1-19-7-6-15-12(16)8-10-9-4-2-3-5-11(9)20-13(10)14(17)18/h2-5H,6-8H2,1H3,(H,15,16)(H,17,18). The van der Waals surface area contributed by atoms with Gasteiger partial charge in [-0.25, -0.2) is 4.79 Å². The molecule has 0 aliphatic heterocycles. The summed E-state index contributed by atoms with van der Waals surface area (Å²) in [6.07, 6.45) is 0.0648. The van der Waals surface area contributed by atoms with Crippen LogP contribution in [0.25, 0.3) is 10.1 Å². The van der Waals surface area contributed by atoms with E-state index in [2.05, 4.69) is 5.32 Å². The van der Waals surface area contributed by atoms with Crippen LogP contribution in [0.1, 0.15) is 15.2 Å². The van der Waals surface area contributed by atoms with Crippen LogP contribution in [0.4, 0.5) is 0 Å². The lowest BCUT2D eigenvalue weighted by Crippen LogP contribution is -2.28. The quantitative estimate of drug-likeness (QED) is 0.798. The van der Waals surface area contributed by atoms with Crippen LogP contribution < -0.4 is 5.32 Å². The Morgan fingerprint density at radius 2 is 2.10 bits per heavy atom. The minimum Gasteiger partial charge on any atom is -0.477 e. The molecule has 0 saturated heterocycles. The van der Waals surface area contributed by atoms with E-state index < -0.39 is 5.97 Å². The predicted molar refractivity (Wildman–Crippen MR) is 77.4 cm³/mol. The molecule has 0 atom stereocenters. The van der Waals surface area contributed by atoms with Crippen molar-refractivity contribution in [2.24, 2.45) is 0 Å². The molecule has 5 nitrogen and oxygen atoms in total. The normalized spacial score (nSPS) is 10.7. The number of benzene rings is 1. The van der Waals surface area contributed by atoms with E-state index >= 15 is 0 Å². The van der Waals surface area contributed by atoms with Crippen LogP contribution in [-0.4, -0.2) is 37.2 Å². The van der Waals surface area contributed by atoms with Gasteiger partial charge in [-0.3, -0.25) is 4.79 Å². The molecule has 2 aromatic rings. The van der Waals surface area contributed by atoms with Crippen LogP contribution in [-0.2, 0) is 16.0 Å². The molecule has 2 N–H and O–H groups in total. The van der Waals surface area contributed by atoms with Crippen LogP contribution in [0.3, 0.4) is 0 Å². The minimum atomic E-state index is -0.995. The zero-order valence-electron chi connectivity index (χ0n) is 11.0. The van der Waals surface area contributed by atoms with Gasteiger partial charge in [0.2, 0.25) is 5.91 Å². The van der Waals surface area contributed by atoms with Gasteiger partial charge in [0, 0.05) is 18.4 Å². The molecule has 0 aliphatic carbocycles. The fourth-order valence-corrected chi connectivity index (χ4v) is 3.02. The van der Waals surface area contributed by atoms with Crippen molar-refractivity contribution in [2.45, 2.75) is 6.42 Å². The Kier molecular flexibility index (Phi) is 4.70. The second-order valence-corrected chi connectivity index (χ2v) is 5.28. The van der Waals surface area contributed by atoms with Crippen molar-refractivity contribution in [3.63, 3.8) is 0 Å². The first-order chi connectivity index (χ1) is 9.63. The van der Waals surface area contributed by atoms with E-state index in [9.17, 15) is 14.7 Å². The van der Waals surface area contributed by atoms with Crippen LogP contribution in [0, 0.1) is 0 Å². The summed E-state index contributed by atoms with van der Waals surface area (Å²) in [5.41, 5.74) is 0.577. The van der Waals surface area contributed by atoms with Gasteiger partial charge in [-0.2, -0.15) is 0 Å². The summed E-state index contributed by atoms with van der Waals surface area (Å²) in [4.78, 5) is 23.4. The highest BCUT2D eigenvalue weighted by molar-refractivity contribution is 7.21. The lowest BCUT2D eigenvalue weighted by atomic mass is 10.1. The number of fused-ring (bicyclic) bond motifs is 1. The second-order valence-electron chi connectivity index (χ2n) is 4.23. The number of nitrogens with one attached hydrogen (secondary N) is 1. The van der Waals surface area contributed by atoms with Crippen molar-refractivity contribution in [3.8, 4) is 0 Å². The van der Waals surface area contributed by atoms with Crippen LogP contribution in [0.2, 0.25) is 0 Å². The molecule has 106 valence electrons. The number of thiophene rings is 1. The molecule has 1 aromatic heterocycles. The van der Waals surface area contributed by atoms with E-state index in [0.717, 1.165) is 10.1 Å². The Hall–Kier alpha value is -1.92. The zero-order chi connectivity index (χ0) is 14.5. The minimum absolute atomic E-state index is 0.0648. The molecule has 0 saturated carbocycles. The first kappa shape index (κ1) is 14.5. The second kappa shape index (κ2) is 6.49. The third-order valence-corrected chi connectivity index (χ3v) is 4.06. The zero-order valence-corrected chi connectivity index (χ0v) is 11.8. The summed E-state index contributed by atoms with van der Waals surface area (Å²) in [5, 5.41) is 12.8. The van der Waals surface area contributed by atoms with Crippen molar-refractivity contribution in [2.75, 3.05) is 20.3 Å². The molecule has 0 aliphatic rings. The molecule has 0 bridgehead atoms. The SMILES string of the molecule is COCCNC(=O)Cc1c(C(=O)O)sc2ccccc12. The van der Waals surface area contributed by atoms with E-state index in [4.69, 9.17) is 4.74 Å². The Balaban J connectivity index is 2.25. The summed E-state index contributed by atoms with van der Waals surface area (Å²) in [7, 11) is 1.56. The van der Waals surface area contributed by atoms with Gasteiger partial charge in [-0.1, -0.05) is 18.2 Å². The molecule has 6 heteroatoms. The van der Waals surface area contributed by atoms with Gasteiger partial charge in [0.25, 0.3) is 0 Å². The Morgan fingerprint density at radius 3 is 2.80 bits per heavy atom. The smallest absolute Gasteiger partial charge is 0.346 e. The van der Waals surface area contributed by atoms with Gasteiger partial charge in [-0.15, -0.1) is 11.3 Å². The maximum absolute atomic E-state index is 11.8. The Bertz CT molecular complexity index is 635. The number of ether oxygens (including phenoxy) is 1. The fourth-order valence-electron chi connectivity index (χ4n) is 1.96. The van der Waals surface area contributed by atoms with Gasteiger partial charge in [0.05, 0.1) is 13.0 Å². The number of rotatable bonds is 6. The number of hydrogen-bond donors (Lipinski definition) is 2.